The second-order valence-corrected chi connectivity index (χ2v) is 11.4. The highest BCUT2D eigenvalue weighted by atomic mass is 79.9. The number of rotatable bonds is 15. The van der Waals surface area contributed by atoms with Gasteiger partial charge in [0.2, 0.25) is 12.7 Å². The number of aryl methyl sites for hydroxylation is 2. The van der Waals surface area contributed by atoms with Gasteiger partial charge in [0.05, 0.1) is 31.3 Å². The third-order valence-corrected chi connectivity index (χ3v) is 7.66. The number of para-hydroxylation sites is 2. The molecule has 13 heteroatoms. The first-order valence-corrected chi connectivity index (χ1v) is 16.0. The molecule has 0 unspecified atom stereocenters. The van der Waals surface area contributed by atoms with Crippen LogP contribution in [0.4, 0.5) is 26.3 Å². The fraction of sp³-hybridized carbons (Fsp3) is 0.486. The van der Waals surface area contributed by atoms with Crippen LogP contribution in [0.5, 0.6) is 5.75 Å². The number of unbranched alkanes of at least 4 members (excludes halogenated alkanes) is 8. The molecule has 4 rings (SSSR count). The fourth-order valence-electron chi connectivity index (χ4n) is 5.07. The van der Waals surface area contributed by atoms with Crippen LogP contribution >= 0.6 is 0 Å². The summed E-state index contributed by atoms with van der Waals surface area (Å²) in [5.41, 5.74) is -1.72. The molecule has 0 amide bonds. The first kappa shape index (κ1) is 43.2. The van der Waals surface area contributed by atoms with Crippen molar-refractivity contribution in [2.75, 3.05) is 7.11 Å². The van der Waals surface area contributed by atoms with E-state index in [0.29, 0.717) is 6.54 Å². The SMILES string of the molecule is CCCCCCC[n+]1ccn(-c2cc(C(F)(F)F)cc(C(F)(F)F)c2)c1.CCCCCCC[n+]1ccn(-c2ccccc2OC)c1.[Br-].[Br-]. The maximum Gasteiger partial charge on any atom is 0.416 e. The highest BCUT2D eigenvalue weighted by molar-refractivity contribution is 5.46. The molecule has 0 saturated heterocycles. The molecule has 5 nitrogen and oxygen atoms in total. The molecule has 268 valence electrons. The van der Waals surface area contributed by atoms with Crippen LogP contribution < -0.4 is 47.8 Å². The van der Waals surface area contributed by atoms with Crippen LogP contribution in [0.3, 0.4) is 0 Å². The Hall–Kier alpha value is -2.80. The van der Waals surface area contributed by atoms with Crippen LogP contribution in [0.1, 0.15) is 89.2 Å². The molecule has 4 aromatic rings. The molecule has 0 saturated carbocycles. The standard InChI is InChI=1S/C18H21F6N2.C17H25N2O.2BrH/c1-2-3-4-5-6-7-25-8-9-26(13-25)16-11-14(17(19,20)21)10-15(12-16)18(22,23)24;1-3-4-5-6-9-12-18-13-14-19(15-18)16-10-7-8-11-17(16)20-2;;/h8-13H,2-7H2,1H3;7-8,10-11,13-15H,3-6,9,12H2,1-2H3;2*1H/q2*+1;;/p-2. The molecule has 0 radical (unpaired) electrons. The second kappa shape index (κ2) is 21.3. The molecule has 0 aliphatic rings. The van der Waals surface area contributed by atoms with Crippen LogP contribution in [0.2, 0.25) is 0 Å². The highest BCUT2D eigenvalue weighted by Gasteiger charge is 2.37. The van der Waals surface area contributed by atoms with Gasteiger partial charge in [0.15, 0.2) is 11.4 Å². The van der Waals surface area contributed by atoms with Gasteiger partial charge in [0, 0.05) is 0 Å². The predicted octanol–water partition coefficient (Wildman–Crippen LogP) is 3.52. The van der Waals surface area contributed by atoms with E-state index in [2.05, 4.69) is 47.8 Å². The van der Waals surface area contributed by atoms with Crippen molar-refractivity contribution in [3.63, 3.8) is 0 Å². The zero-order valence-corrected chi connectivity index (χ0v) is 30.9. The third-order valence-electron chi connectivity index (χ3n) is 7.66. The number of alkyl halides is 6. The monoisotopic (exact) mass is 810 g/mol. The smallest absolute Gasteiger partial charge is 0.416 e. The molecule has 0 spiro atoms. The topological polar surface area (TPSA) is 26.8 Å². The van der Waals surface area contributed by atoms with E-state index in [-0.39, 0.29) is 45.7 Å². The van der Waals surface area contributed by atoms with Crippen molar-refractivity contribution in [1.82, 2.24) is 9.13 Å². The molecule has 0 atom stereocenters. The van der Waals surface area contributed by atoms with E-state index in [1.807, 2.05) is 18.2 Å². The number of aromatic nitrogens is 4. The molecular weight excluding hydrogens is 766 g/mol. The van der Waals surface area contributed by atoms with Gasteiger partial charge in [-0.1, -0.05) is 64.5 Å². The lowest BCUT2D eigenvalue weighted by molar-refractivity contribution is -0.696. The van der Waals surface area contributed by atoms with Crippen LogP contribution in [0, 0.1) is 0 Å². The molecule has 0 aliphatic carbocycles. The summed E-state index contributed by atoms with van der Waals surface area (Å²) in [5.74, 6) is 0.901. The third kappa shape index (κ3) is 14.0. The van der Waals surface area contributed by atoms with Crippen LogP contribution in [-0.2, 0) is 25.4 Å². The zero-order chi connectivity index (χ0) is 33.6. The molecule has 2 heterocycles. The number of ether oxygens (including phenoxy) is 1. The van der Waals surface area contributed by atoms with Crippen molar-refractivity contribution in [1.29, 1.82) is 0 Å². The molecular formula is C35H46Br2F6N4O. The number of benzene rings is 2. The molecule has 0 N–H and O–H groups in total. The van der Waals surface area contributed by atoms with Crippen molar-refractivity contribution in [3.8, 4) is 17.1 Å². The summed E-state index contributed by atoms with van der Waals surface area (Å²) in [6.07, 6.45) is 13.2. The van der Waals surface area contributed by atoms with Gasteiger partial charge >= 0.3 is 12.4 Å². The van der Waals surface area contributed by atoms with Gasteiger partial charge in [0.25, 0.3) is 0 Å². The van der Waals surface area contributed by atoms with Crippen LogP contribution in [0.15, 0.2) is 79.9 Å². The lowest BCUT2D eigenvalue weighted by atomic mass is 10.1. The summed E-state index contributed by atoms with van der Waals surface area (Å²) in [4.78, 5) is 0. The minimum absolute atomic E-state index is 0. The number of hydrogen-bond donors (Lipinski definition) is 0. The van der Waals surface area contributed by atoms with E-state index in [1.54, 1.807) is 17.9 Å². The van der Waals surface area contributed by atoms with Crippen molar-refractivity contribution in [2.45, 2.75) is 103 Å². The largest absolute Gasteiger partial charge is 1.00 e. The van der Waals surface area contributed by atoms with E-state index in [9.17, 15) is 26.3 Å². The van der Waals surface area contributed by atoms with E-state index in [0.717, 1.165) is 62.2 Å². The van der Waals surface area contributed by atoms with Gasteiger partial charge in [-0.25, -0.2) is 13.7 Å². The number of imidazole rings is 2. The Morgan fingerprint density at radius 3 is 1.56 bits per heavy atom. The minimum atomic E-state index is -4.85. The Bertz CT molecular complexity index is 1440. The maximum atomic E-state index is 12.9. The Labute approximate surface area is 301 Å². The molecule has 48 heavy (non-hydrogen) atoms. The average molecular weight is 813 g/mol. The van der Waals surface area contributed by atoms with E-state index in [1.165, 1.54) is 49.2 Å². The Morgan fingerprint density at radius 1 is 0.625 bits per heavy atom. The summed E-state index contributed by atoms with van der Waals surface area (Å²) in [6.45, 7) is 6.12. The van der Waals surface area contributed by atoms with Gasteiger partial charge in [-0.3, -0.25) is 0 Å². The summed E-state index contributed by atoms with van der Waals surface area (Å²) >= 11 is 0. The lowest BCUT2D eigenvalue weighted by Crippen LogP contribution is -3.00. The number of halogens is 8. The first-order valence-electron chi connectivity index (χ1n) is 16.0. The fourth-order valence-corrected chi connectivity index (χ4v) is 5.07. The Kier molecular flexibility index (Phi) is 19.2. The normalized spacial score (nSPS) is 11.3. The minimum Gasteiger partial charge on any atom is -1.00 e. The van der Waals surface area contributed by atoms with Gasteiger partial charge in [-0.2, -0.15) is 30.9 Å². The Morgan fingerprint density at radius 2 is 1.08 bits per heavy atom. The molecule has 0 bridgehead atoms. The lowest BCUT2D eigenvalue weighted by Gasteiger charge is -2.12. The summed E-state index contributed by atoms with van der Waals surface area (Å²) in [5, 5.41) is 0. The average Bonchev–Trinajstić information content (AvgIpc) is 3.70. The van der Waals surface area contributed by atoms with Gasteiger partial charge in [0.1, 0.15) is 30.5 Å². The van der Waals surface area contributed by atoms with Crippen LogP contribution in [0.25, 0.3) is 11.4 Å². The molecule has 0 aliphatic heterocycles. The predicted molar refractivity (Wildman–Crippen MR) is 166 cm³/mol. The van der Waals surface area contributed by atoms with Crippen molar-refractivity contribution in [2.24, 2.45) is 0 Å². The van der Waals surface area contributed by atoms with Crippen molar-refractivity contribution in [3.05, 3.63) is 91.0 Å². The van der Waals surface area contributed by atoms with Crippen LogP contribution in [-0.4, -0.2) is 16.2 Å². The summed E-state index contributed by atoms with van der Waals surface area (Å²) in [7, 11) is 1.71. The van der Waals surface area contributed by atoms with E-state index < -0.39 is 23.5 Å². The van der Waals surface area contributed by atoms with Crippen molar-refractivity contribution >= 4 is 0 Å². The van der Waals surface area contributed by atoms with Crippen molar-refractivity contribution < 1.29 is 74.2 Å². The number of methoxy groups -OCH3 is 1. The highest BCUT2D eigenvalue weighted by Crippen LogP contribution is 2.37. The van der Waals surface area contributed by atoms with E-state index in [4.69, 9.17) is 4.74 Å². The first-order chi connectivity index (χ1) is 22.0. The molecule has 2 aromatic carbocycles. The zero-order valence-electron chi connectivity index (χ0n) is 27.7. The maximum absolute atomic E-state index is 12.9. The summed E-state index contributed by atoms with van der Waals surface area (Å²) < 4.78 is 90.5. The number of hydrogen-bond acceptors (Lipinski definition) is 1. The van der Waals surface area contributed by atoms with Gasteiger partial charge < -0.3 is 38.7 Å². The second-order valence-electron chi connectivity index (χ2n) is 11.4. The Balaban J connectivity index is 0.000000475. The quantitative estimate of drug-likeness (QED) is 0.103. The van der Waals surface area contributed by atoms with E-state index >= 15 is 0 Å². The molecule has 0 fully saturated rings. The molecule has 2 aromatic heterocycles. The number of nitrogens with zero attached hydrogens (tertiary/aromatic N) is 4. The van der Waals surface area contributed by atoms with Gasteiger partial charge in [-0.05, 0) is 56.0 Å². The van der Waals surface area contributed by atoms with Gasteiger partial charge in [-0.15, -0.1) is 0 Å². The summed E-state index contributed by atoms with van der Waals surface area (Å²) in [6, 6.07) is 9.67.